The van der Waals surface area contributed by atoms with Crippen molar-refractivity contribution in [2.45, 2.75) is 52.6 Å². The molecule has 1 unspecified atom stereocenters. The number of thiocarbonyl (C=S) groups is 1. The number of carbonyl (C=O) groups excluding carboxylic acids is 2. The number of anilines is 4. The smallest absolute Gasteiger partial charge is 0.206 e. The quantitative estimate of drug-likeness (QED) is 0.0185. The molecule has 0 radical (unpaired) electrons. The van der Waals surface area contributed by atoms with Gasteiger partial charge in [0.25, 0.3) is 0 Å². The minimum Gasteiger partial charge on any atom is -0.492 e. The molecule has 5 aromatic rings. The second-order valence-electron chi connectivity index (χ2n) is 16.4. The number of aryl methyl sites for hydroxylation is 2. The number of nitrogens with two attached hydrogens (primary N) is 2. The Labute approximate surface area is 408 Å². The largest absolute Gasteiger partial charge is 0.492 e. The molecule has 12 nitrogen and oxygen atoms in total. The highest BCUT2D eigenvalue weighted by Crippen LogP contribution is 2.31. The van der Waals surface area contributed by atoms with Crippen LogP contribution in [0, 0.1) is 25.5 Å². The van der Waals surface area contributed by atoms with E-state index in [4.69, 9.17) is 44.8 Å². The summed E-state index contributed by atoms with van der Waals surface area (Å²) in [5.41, 5.74) is 15.6. The number of nitrogen functional groups attached to an aromatic ring is 1. The first-order valence-corrected chi connectivity index (χ1v) is 24.0. The normalized spacial score (nSPS) is 11.5. The van der Waals surface area contributed by atoms with Crippen molar-refractivity contribution in [2.75, 3.05) is 69.1 Å². The zero-order valence-corrected chi connectivity index (χ0v) is 43.3. The molecule has 1 heterocycles. The van der Waals surface area contributed by atoms with Crippen molar-refractivity contribution < 1.29 is 27.8 Å². The Morgan fingerprint density at radius 2 is 1.30 bits per heavy atom. The van der Waals surface area contributed by atoms with Crippen molar-refractivity contribution in [3.05, 3.63) is 124 Å². The Morgan fingerprint density at radius 3 is 1.76 bits per heavy atom. The van der Waals surface area contributed by atoms with Crippen molar-refractivity contribution >= 4 is 100 Å². The third-order valence-electron chi connectivity index (χ3n) is 10.2. The molecule has 356 valence electrons. The van der Waals surface area contributed by atoms with Crippen LogP contribution >= 0.6 is 56.2 Å². The van der Waals surface area contributed by atoms with Gasteiger partial charge in [0.15, 0.2) is 21.2 Å². The molecule has 0 aliphatic rings. The van der Waals surface area contributed by atoms with Gasteiger partial charge < -0.3 is 41.4 Å². The van der Waals surface area contributed by atoms with Gasteiger partial charge in [0, 0.05) is 39.1 Å². The van der Waals surface area contributed by atoms with Gasteiger partial charge in [-0.1, -0.05) is 47.4 Å². The summed E-state index contributed by atoms with van der Waals surface area (Å²) in [6.07, 6.45) is 0. The van der Waals surface area contributed by atoms with E-state index < -0.39 is 5.82 Å². The van der Waals surface area contributed by atoms with E-state index in [1.165, 1.54) is 23.9 Å². The molecule has 1 aromatic heterocycles. The molecule has 0 saturated carbocycles. The fourth-order valence-electron chi connectivity index (χ4n) is 4.80. The van der Waals surface area contributed by atoms with Crippen molar-refractivity contribution in [3.8, 4) is 11.5 Å². The first-order valence-electron chi connectivity index (χ1n) is 20.4. The predicted octanol–water partition coefficient (Wildman–Crippen LogP) is 10.4. The first-order chi connectivity index (χ1) is 31.0. The number of aliphatic imine (C=N–C) groups is 1. The first kappa shape index (κ1) is 55.6. The van der Waals surface area contributed by atoms with E-state index in [9.17, 15) is 18.4 Å². The topological polar surface area (TPSA) is 160 Å². The minimum absolute atomic E-state index is 0.0278. The van der Waals surface area contributed by atoms with Crippen LogP contribution in [0.1, 0.15) is 64.4 Å². The molecule has 6 N–H and O–H groups in total. The number of likely N-dealkylation sites (N-methyl/N-ethyl adjacent to an activating group) is 2. The number of aromatic nitrogens is 1. The zero-order valence-electron chi connectivity index (χ0n) is 38.9. The average Bonchev–Trinajstić information content (AvgIpc) is 3.64. The maximum Gasteiger partial charge on any atom is 0.206 e. The monoisotopic (exact) mass is 1000 g/mol. The van der Waals surface area contributed by atoms with Crippen molar-refractivity contribution in [2.24, 2.45) is 10.7 Å². The van der Waals surface area contributed by atoms with Gasteiger partial charge >= 0.3 is 0 Å². The molecule has 5 rings (SSSR count). The minimum atomic E-state index is -0.427. The number of Topliss-reactive ketones (excluding diaryl/α,β-unsaturated/α-hetero) is 1. The summed E-state index contributed by atoms with van der Waals surface area (Å²) in [6, 6.07) is 23.8. The third-order valence-corrected chi connectivity index (χ3v) is 12.6. The van der Waals surface area contributed by atoms with Crippen LogP contribution in [0.3, 0.4) is 0 Å². The van der Waals surface area contributed by atoms with Gasteiger partial charge in [0.05, 0.1) is 5.88 Å². The van der Waals surface area contributed by atoms with E-state index in [-0.39, 0.29) is 50.6 Å². The van der Waals surface area contributed by atoms with E-state index in [1.54, 1.807) is 38.1 Å². The number of thiazole rings is 1. The molecule has 0 amide bonds. The number of halogens is 3. The number of rotatable bonds is 16. The Morgan fingerprint density at radius 1 is 0.833 bits per heavy atom. The summed E-state index contributed by atoms with van der Waals surface area (Å²) in [5, 5.41) is 7.45. The van der Waals surface area contributed by atoms with Gasteiger partial charge in [-0.25, -0.2) is 13.8 Å². The Bertz CT molecular complexity index is 2440. The lowest BCUT2D eigenvalue weighted by Crippen LogP contribution is -2.43. The average molecular weight is 1000 g/mol. The number of ketones is 2. The molecular formula is C47H60ClF2N8O4PS3. The number of hydrogen-bond acceptors (Lipinski definition) is 12. The van der Waals surface area contributed by atoms with Crippen LogP contribution in [0.4, 0.5) is 31.1 Å². The second-order valence-corrected chi connectivity index (χ2v) is 20.1. The molecule has 0 fully saturated rings. The van der Waals surface area contributed by atoms with Crippen molar-refractivity contribution in [1.29, 1.82) is 0 Å². The number of nitrogens with zero attached hydrogens (tertiary/aromatic N) is 4. The number of amidine groups is 1. The van der Waals surface area contributed by atoms with Crippen LogP contribution in [0.25, 0.3) is 0 Å². The van der Waals surface area contributed by atoms with Crippen LogP contribution in [0.5, 0.6) is 11.5 Å². The van der Waals surface area contributed by atoms with Gasteiger partial charge in [0.1, 0.15) is 47.0 Å². The van der Waals surface area contributed by atoms with Crippen LogP contribution in [-0.2, 0) is 0 Å². The van der Waals surface area contributed by atoms with Crippen LogP contribution in [0.15, 0.2) is 89.9 Å². The highest BCUT2D eigenvalue weighted by atomic mass is 35.5. The molecule has 0 aliphatic heterocycles. The van der Waals surface area contributed by atoms with Gasteiger partial charge in [0.2, 0.25) is 5.78 Å². The summed E-state index contributed by atoms with van der Waals surface area (Å²) in [6.45, 7) is 12.9. The lowest BCUT2D eigenvalue weighted by molar-refractivity contribution is 0.101. The fourth-order valence-corrected chi connectivity index (χ4v) is 6.93. The number of nitrogens with one attached hydrogen (secondary N) is 2. The maximum atomic E-state index is 13.8. The standard InChI is InChI=1S/C23H27FN4O2S.C15H25N4OPS2.C9H8ClFO/c1-14-6-7-15(12-18(14)24)19(29)20-21(25)27-22(31-20)26-16-8-10-17(11-9-16)30-13-23(2,3)28(4)5;1-15(2,19(3)4)9-20-12-7-5-11(6-8-12)17-14(22)18-13(16)23-10-21;1-6-2-3-7(4-8(6)11)9(12)5-10/h6-12H,13,25H2,1-5H3,(H,26,27);5-8H,9-10,21H2,1-4H3,(H3,16,17,18,22);2-4H,5H2,1H3. The Kier molecular flexibility index (Phi) is 21.9. The lowest BCUT2D eigenvalue weighted by Gasteiger charge is -2.32. The number of carbonyl (C=O) groups is 2. The molecule has 66 heavy (non-hydrogen) atoms. The summed E-state index contributed by atoms with van der Waals surface area (Å²) in [5.74, 6) is 0.181. The summed E-state index contributed by atoms with van der Waals surface area (Å²) in [7, 11) is 10.7. The molecule has 0 bridgehead atoms. The highest BCUT2D eigenvalue weighted by Gasteiger charge is 2.23. The third kappa shape index (κ3) is 17.8. The molecule has 0 saturated heterocycles. The Balaban J connectivity index is 0.000000289. The second kappa shape index (κ2) is 26.0. The fraction of sp³-hybridized carbons (Fsp3) is 0.340. The SMILES string of the molecule is CN(C)C(C)(C)COc1ccc(NC(=S)N=C(N)SCP)cc1.Cc1ccc(C(=O)CCl)cc1F.Cc1ccc(C(=O)c2sc(Nc3ccc(OCC(C)(C)N(C)C)cc3)nc2N)cc1F. The lowest BCUT2D eigenvalue weighted by atomic mass is 10.1. The zero-order chi connectivity index (χ0) is 49.4. The summed E-state index contributed by atoms with van der Waals surface area (Å²) in [4.78, 5) is 36.6. The highest BCUT2D eigenvalue weighted by molar-refractivity contribution is 8.16. The van der Waals surface area contributed by atoms with E-state index >= 15 is 0 Å². The van der Waals surface area contributed by atoms with Gasteiger partial charge in [-0.05, 0) is 154 Å². The van der Waals surface area contributed by atoms with Crippen LogP contribution in [-0.4, -0.2) is 100 Å². The molecule has 1 atom stereocenters. The summed E-state index contributed by atoms with van der Waals surface area (Å²) >= 11 is 13.0. The maximum absolute atomic E-state index is 13.8. The van der Waals surface area contributed by atoms with E-state index in [0.29, 0.717) is 45.3 Å². The van der Waals surface area contributed by atoms with Gasteiger partial charge in [-0.3, -0.25) is 9.59 Å². The Hall–Kier alpha value is -4.74. The predicted molar refractivity (Wildman–Crippen MR) is 280 cm³/mol. The molecule has 19 heteroatoms. The van der Waals surface area contributed by atoms with E-state index in [1.807, 2.05) is 76.7 Å². The van der Waals surface area contributed by atoms with Crippen molar-refractivity contribution in [3.63, 3.8) is 0 Å². The van der Waals surface area contributed by atoms with E-state index in [0.717, 1.165) is 39.7 Å². The number of ether oxygens (including phenoxy) is 2. The van der Waals surface area contributed by atoms with Gasteiger partial charge in [-0.15, -0.1) is 20.8 Å². The van der Waals surface area contributed by atoms with E-state index in [2.05, 4.69) is 67.3 Å². The number of thioether (sulfide) groups is 1. The number of alkyl halides is 1. The number of benzene rings is 4. The molecule has 0 spiro atoms. The van der Waals surface area contributed by atoms with Crippen LogP contribution < -0.4 is 31.6 Å². The van der Waals surface area contributed by atoms with Crippen LogP contribution in [0.2, 0.25) is 0 Å². The van der Waals surface area contributed by atoms with Crippen molar-refractivity contribution in [1.82, 2.24) is 14.8 Å². The number of hydrogen-bond donors (Lipinski definition) is 4. The molecule has 0 aliphatic carbocycles. The summed E-state index contributed by atoms with van der Waals surface area (Å²) < 4.78 is 38.4. The molecule has 4 aromatic carbocycles. The van der Waals surface area contributed by atoms with Gasteiger partial charge in [-0.2, -0.15) is 4.99 Å². The molecular weight excluding hydrogens is 941 g/mol.